The lowest BCUT2D eigenvalue weighted by Gasteiger charge is -2.37. The maximum atomic E-state index is 12.6. The molecule has 1 N–H and O–H groups in total. The van der Waals surface area contributed by atoms with Gasteiger partial charge < -0.3 is 14.6 Å². The number of aromatic nitrogens is 2. The third-order valence-electron chi connectivity index (χ3n) is 5.45. The minimum Gasteiger partial charge on any atom is -0.478 e. The highest BCUT2D eigenvalue weighted by Crippen LogP contribution is 2.38. The highest BCUT2D eigenvalue weighted by Gasteiger charge is 2.49. The normalized spacial score (nSPS) is 12.2. The fourth-order valence-corrected chi connectivity index (χ4v) is 3.95. The molecule has 33 heavy (non-hydrogen) atoms. The van der Waals surface area contributed by atoms with Crippen molar-refractivity contribution in [2.75, 3.05) is 7.11 Å². The summed E-state index contributed by atoms with van der Waals surface area (Å²) in [5.74, 6) is -1.20. The second kappa shape index (κ2) is 9.63. The number of hydrogen-bond acceptors (Lipinski definition) is 5. The number of benzene rings is 3. The molecule has 0 saturated heterocycles. The lowest BCUT2D eigenvalue weighted by atomic mass is 9.81. The van der Waals surface area contributed by atoms with Gasteiger partial charge in [0.25, 0.3) is 0 Å². The topological polar surface area (TPSA) is 81.5 Å². The van der Waals surface area contributed by atoms with Gasteiger partial charge in [0.2, 0.25) is 6.10 Å². The lowest BCUT2D eigenvalue weighted by molar-refractivity contribution is -0.160. The maximum absolute atomic E-state index is 12.6. The molecule has 4 aromatic rings. The standard InChI is InChI=1S/C27H24N2O4/c1-19-18-23(20-12-6-3-7-13-20)29-26(28-19)33-24(25(30)31)27(32-2,21-14-8-4-9-15-21)22-16-10-5-11-17-22/h3-18,24H,1-2H3,(H,30,31). The molecule has 1 unspecified atom stereocenters. The molecule has 1 heterocycles. The van der Waals surface area contributed by atoms with E-state index in [1.807, 2.05) is 104 Å². The van der Waals surface area contributed by atoms with Crippen LogP contribution in [0.1, 0.15) is 16.8 Å². The minimum absolute atomic E-state index is 0.0328. The van der Waals surface area contributed by atoms with Crippen molar-refractivity contribution in [2.45, 2.75) is 18.6 Å². The van der Waals surface area contributed by atoms with Gasteiger partial charge in [-0.05, 0) is 24.1 Å². The Morgan fingerprint density at radius 2 is 1.36 bits per heavy atom. The summed E-state index contributed by atoms with van der Waals surface area (Å²) >= 11 is 0. The third-order valence-corrected chi connectivity index (χ3v) is 5.45. The number of aliphatic carboxylic acids is 1. The number of aryl methyl sites for hydroxylation is 1. The zero-order valence-corrected chi connectivity index (χ0v) is 18.4. The molecule has 3 aromatic carbocycles. The van der Waals surface area contributed by atoms with Gasteiger partial charge in [-0.2, -0.15) is 4.98 Å². The van der Waals surface area contributed by atoms with Crippen LogP contribution in [0.3, 0.4) is 0 Å². The summed E-state index contributed by atoms with van der Waals surface area (Å²) in [6.07, 6.45) is -1.46. The molecule has 0 spiro atoms. The van der Waals surface area contributed by atoms with E-state index in [9.17, 15) is 9.90 Å². The Morgan fingerprint density at radius 1 is 0.848 bits per heavy atom. The Balaban J connectivity index is 1.85. The van der Waals surface area contributed by atoms with Crippen LogP contribution in [0.4, 0.5) is 0 Å². The molecule has 4 rings (SSSR count). The average molecular weight is 440 g/mol. The molecule has 166 valence electrons. The van der Waals surface area contributed by atoms with Crippen LogP contribution < -0.4 is 4.74 Å². The van der Waals surface area contributed by atoms with Gasteiger partial charge in [-0.25, -0.2) is 9.78 Å². The zero-order chi connectivity index (χ0) is 23.3. The highest BCUT2D eigenvalue weighted by atomic mass is 16.6. The smallest absolute Gasteiger partial charge is 0.348 e. The summed E-state index contributed by atoms with van der Waals surface area (Å²) < 4.78 is 12.0. The van der Waals surface area contributed by atoms with E-state index in [-0.39, 0.29) is 6.01 Å². The Bertz CT molecular complexity index is 1180. The van der Waals surface area contributed by atoms with Crippen molar-refractivity contribution in [3.05, 3.63) is 114 Å². The molecule has 1 atom stereocenters. The number of rotatable bonds is 8. The second-order valence-corrected chi connectivity index (χ2v) is 7.55. The molecular formula is C27H24N2O4. The molecule has 1 aromatic heterocycles. The summed E-state index contributed by atoms with van der Waals surface area (Å²) in [4.78, 5) is 21.5. The first-order valence-electron chi connectivity index (χ1n) is 10.5. The van der Waals surface area contributed by atoms with Gasteiger partial charge in [0.05, 0.1) is 5.69 Å². The molecule has 0 aliphatic rings. The Morgan fingerprint density at radius 3 is 1.85 bits per heavy atom. The molecule has 0 fully saturated rings. The Kier molecular flexibility index (Phi) is 6.47. The number of methoxy groups -OCH3 is 1. The maximum Gasteiger partial charge on any atom is 0.348 e. The van der Waals surface area contributed by atoms with Crippen LogP contribution in [0.15, 0.2) is 97.1 Å². The number of carbonyl (C=O) groups is 1. The largest absolute Gasteiger partial charge is 0.478 e. The highest BCUT2D eigenvalue weighted by molar-refractivity contribution is 5.76. The quantitative estimate of drug-likeness (QED) is 0.421. The number of ether oxygens (including phenoxy) is 2. The fourth-order valence-electron chi connectivity index (χ4n) is 3.95. The first-order valence-corrected chi connectivity index (χ1v) is 10.5. The molecule has 0 amide bonds. The summed E-state index contributed by atoms with van der Waals surface area (Å²) in [6, 6.07) is 29.7. The first kappa shape index (κ1) is 22.2. The van der Waals surface area contributed by atoms with Gasteiger partial charge in [-0.3, -0.25) is 0 Å². The number of hydrogen-bond donors (Lipinski definition) is 1. The average Bonchev–Trinajstić information content (AvgIpc) is 2.85. The molecular weight excluding hydrogens is 416 g/mol. The van der Waals surface area contributed by atoms with Crippen LogP contribution in [-0.2, 0) is 15.1 Å². The van der Waals surface area contributed by atoms with E-state index in [2.05, 4.69) is 9.97 Å². The number of nitrogens with zero attached hydrogens (tertiary/aromatic N) is 2. The van der Waals surface area contributed by atoms with Crippen molar-refractivity contribution >= 4 is 5.97 Å². The summed E-state index contributed by atoms with van der Waals surface area (Å²) in [6.45, 7) is 1.81. The summed E-state index contributed by atoms with van der Waals surface area (Å²) in [7, 11) is 1.48. The molecule has 0 radical (unpaired) electrons. The van der Waals surface area contributed by atoms with Crippen LogP contribution >= 0.6 is 0 Å². The van der Waals surface area contributed by atoms with E-state index in [0.717, 1.165) is 5.56 Å². The summed E-state index contributed by atoms with van der Waals surface area (Å²) in [5, 5.41) is 10.3. The van der Waals surface area contributed by atoms with Crippen LogP contribution in [0.2, 0.25) is 0 Å². The number of carboxylic acid groups (broad SMARTS) is 1. The van der Waals surface area contributed by atoms with Crippen LogP contribution in [0, 0.1) is 6.92 Å². The third kappa shape index (κ3) is 4.47. The molecule has 6 heteroatoms. The Hall–Kier alpha value is -4.03. The predicted molar refractivity (Wildman–Crippen MR) is 125 cm³/mol. The molecule has 0 aliphatic carbocycles. The minimum atomic E-state index is -1.46. The molecule has 0 bridgehead atoms. The van der Waals surface area contributed by atoms with Gasteiger partial charge in [-0.1, -0.05) is 91.0 Å². The van der Waals surface area contributed by atoms with Crippen LogP contribution in [0.5, 0.6) is 6.01 Å². The van der Waals surface area contributed by atoms with E-state index in [0.29, 0.717) is 22.5 Å². The predicted octanol–water partition coefficient (Wildman–Crippen LogP) is 4.87. The van der Waals surface area contributed by atoms with Crippen molar-refractivity contribution in [2.24, 2.45) is 0 Å². The molecule has 0 aliphatic heterocycles. The van der Waals surface area contributed by atoms with Crippen molar-refractivity contribution in [3.63, 3.8) is 0 Å². The van der Waals surface area contributed by atoms with Gasteiger partial charge in [0.15, 0.2) is 5.60 Å². The van der Waals surface area contributed by atoms with E-state index >= 15 is 0 Å². The van der Waals surface area contributed by atoms with Gasteiger partial charge in [0.1, 0.15) is 0 Å². The SMILES string of the molecule is COC(c1ccccc1)(c1ccccc1)C(Oc1nc(C)cc(-c2ccccc2)n1)C(=O)O. The van der Waals surface area contributed by atoms with Crippen molar-refractivity contribution in [1.29, 1.82) is 0 Å². The van der Waals surface area contributed by atoms with E-state index in [4.69, 9.17) is 9.47 Å². The van der Waals surface area contributed by atoms with E-state index in [1.165, 1.54) is 7.11 Å². The monoisotopic (exact) mass is 440 g/mol. The number of carboxylic acids is 1. The van der Waals surface area contributed by atoms with Gasteiger partial charge in [-0.15, -0.1) is 0 Å². The zero-order valence-electron chi connectivity index (χ0n) is 18.4. The first-order chi connectivity index (χ1) is 16.0. The molecule has 0 saturated carbocycles. The van der Waals surface area contributed by atoms with E-state index in [1.54, 1.807) is 0 Å². The van der Waals surface area contributed by atoms with Crippen LogP contribution in [-0.4, -0.2) is 34.3 Å². The van der Waals surface area contributed by atoms with Crippen molar-refractivity contribution in [3.8, 4) is 17.3 Å². The van der Waals surface area contributed by atoms with Gasteiger partial charge >= 0.3 is 12.0 Å². The summed E-state index contributed by atoms with van der Waals surface area (Å²) in [5.41, 5.74) is 2.02. The van der Waals surface area contributed by atoms with Crippen molar-refractivity contribution < 1.29 is 19.4 Å². The fraction of sp³-hybridized carbons (Fsp3) is 0.148. The Labute approximate surface area is 192 Å². The second-order valence-electron chi connectivity index (χ2n) is 7.55. The lowest BCUT2D eigenvalue weighted by Crippen LogP contribution is -2.50. The molecule has 6 nitrogen and oxygen atoms in total. The van der Waals surface area contributed by atoms with Crippen molar-refractivity contribution in [1.82, 2.24) is 9.97 Å². The van der Waals surface area contributed by atoms with E-state index < -0.39 is 17.7 Å². The van der Waals surface area contributed by atoms with Gasteiger partial charge in [0, 0.05) is 18.4 Å². The van der Waals surface area contributed by atoms with Crippen LogP contribution in [0.25, 0.3) is 11.3 Å².